The minimum atomic E-state index is 0. The normalized spacial score (nSPS) is 9.83. The number of hydrogen-bond acceptors (Lipinski definition) is 6. The summed E-state index contributed by atoms with van der Waals surface area (Å²) in [7, 11) is 0. The van der Waals surface area contributed by atoms with Crippen molar-refractivity contribution in [1.29, 1.82) is 0 Å². The van der Waals surface area contributed by atoms with Gasteiger partial charge in [-0.15, -0.1) is 0 Å². The number of unbranched alkanes of at least 4 members (excludes halogenated alkanes) is 3. The van der Waals surface area contributed by atoms with E-state index in [4.69, 9.17) is 14.8 Å². The number of hydrogen-bond donors (Lipinski definition) is 2. The van der Waals surface area contributed by atoms with Gasteiger partial charge in [-0.2, -0.15) is 12.6 Å². The maximum atomic E-state index is 7.80. The number of pyridine rings is 3. The molecular weight excluding hydrogens is 577 g/mol. The molecule has 1 N–H and O–H groups in total. The molecule has 0 saturated carbocycles. The molecule has 7 heteroatoms. The van der Waals surface area contributed by atoms with Crippen LogP contribution in [0.1, 0.15) is 32.6 Å². The van der Waals surface area contributed by atoms with Gasteiger partial charge in [0.05, 0.1) is 36.0 Å². The first-order valence-corrected chi connectivity index (χ1v) is 10.6. The molecule has 0 unspecified atom stereocenters. The van der Waals surface area contributed by atoms with Gasteiger partial charge >= 0.3 is 0 Å². The zero-order valence-corrected chi connectivity index (χ0v) is 20.4. The molecule has 3 rings (SSSR count). The molecule has 3 aromatic rings. The summed E-state index contributed by atoms with van der Waals surface area (Å²) in [5.41, 5.74) is 3.26. The molecule has 30 heavy (non-hydrogen) atoms. The molecule has 0 fully saturated rings. The number of aromatic nitrogens is 3. The van der Waals surface area contributed by atoms with Gasteiger partial charge < -0.3 is 9.84 Å². The Labute approximate surface area is 199 Å². The standard InChI is InChI=1S/C21H23N3O.C2H6OS.Pt/c1-2-3-4-9-14-25-17-15-20(18-10-5-7-12-22-18)24-21(16-17)19-11-6-8-13-23-19;3-1-2-4;/h5-8,10-13,15-16H,2-4,9,14H2,1H3;3-4H,1-2H2;. The molecule has 164 valence electrons. The third-order valence-electron chi connectivity index (χ3n) is 4.02. The molecule has 0 radical (unpaired) electrons. The van der Waals surface area contributed by atoms with E-state index in [1.165, 1.54) is 19.3 Å². The van der Waals surface area contributed by atoms with E-state index in [1.54, 1.807) is 12.4 Å². The van der Waals surface area contributed by atoms with E-state index in [-0.39, 0.29) is 27.7 Å². The Bertz CT molecular complexity index is 763. The maximum Gasteiger partial charge on any atom is 0.123 e. The summed E-state index contributed by atoms with van der Waals surface area (Å²) in [6.45, 7) is 3.11. The summed E-state index contributed by atoms with van der Waals surface area (Å²) in [5.74, 6) is 1.38. The first kappa shape index (κ1) is 26.3. The molecule has 0 bridgehead atoms. The van der Waals surface area contributed by atoms with E-state index >= 15 is 0 Å². The van der Waals surface area contributed by atoms with Gasteiger partial charge in [-0.1, -0.05) is 38.3 Å². The van der Waals surface area contributed by atoms with Crippen LogP contribution in [0.4, 0.5) is 0 Å². The van der Waals surface area contributed by atoms with Crippen molar-refractivity contribution in [2.24, 2.45) is 0 Å². The Kier molecular flexibility index (Phi) is 14.0. The third-order valence-corrected chi connectivity index (χ3v) is 4.22. The van der Waals surface area contributed by atoms with Crippen LogP contribution in [0.2, 0.25) is 0 Å². The molecule has 0 atom stereocenters. The molecule has 3 heterocycles. The number of rotatable bonds is 9. The van der Waals surface area contributed by atoms with E-state index < -0.39 is 0 Å². The molecule has 0 aliphatic heterocycles. The first-order chi connectivity index (χ1) is 14.3. The molecule has 0 spiro atoms. The predicted molar refractivity (Wildman–Crippen MR) is 121 cm³/mol. The van der Waals surface area contributed by atoms with Crippen LogP contribution in [0.25, 0.3) is 22.8 Å². The van der Waals surface area contributed by atoms with Gasteiger partial charge in [0.2, 0.25) is 0 Å². The van der Waals surface area contributed by atoms with Crippen LogP contribution in [0, 0.1) is 0 Å². The van der Waals surface area contributed by atoms with Crippen LogP contribution in [0.3, 0.4) is 0 Å². The van der Waals surface area contributed by atoms with Gasteiger partial charge in [0, 0.05) is 51.3 Å². The van der Waals surface area contributed by atoms with Crippen LogP contribution in [-0.4, -0.2) is 39.0 Å². The smallest absolute Gasteiger partial charge is 0.123 e. The zero-order valence-electron chi connectivity index (χ0n) is 17.2. The third kappa shape index (κ3) is 9.37. The van der Waals surface area contributed by atoms with Gasteiger partial charge in [0.15, 0.2) is 0 Å². The monoisotopic (exact) mass is 606 g/mol. The largest absolute Gasteiger partial charge is 0.493 e. The molecule has 5 nitrogen and oxygen atoms in total. The predicted octanol–water partition coefficient (Wildman–Crippen LogP) is 5.07. The van der Waals surface area contributed by atoms with Gasteiger partial charge in [-0.25, -0.2) is 4.98 Å². The quantitative estimate of drug-likeness (QED) is 0.263. The van der Waals surface area contributed by atoms with Crippen molar-refractivity contribution in [3.8, 4) is 28.5 Å². The average molecular weight is 607 g/mol. The summed E-state index contributed by atoms with van der Waals surface area (Å²) in [6, 6.07) is 15.5. The summed E-state index contributed by atoms with van der Waals surface area (Å²) >= 11 is 3.67. The molecule has 0 aliphatic rings. The molecule has 0 aromatic carbocycles. The second kappa shape index (κ2) is 16.0. The fourth-order valence-corrected chi connectivity index (χ4v) is 2.60. The van der Waals surface area contributed by atoms with Crippen molar-refractivity contribution in [1.82, 2.24) is 15.0 Å². The minimum absolute atomic E-state index is 0. The van der Waals surface area contributed by atoms with Crippen LogP contribution >= 0.6 is 12.6 Å². The summed E-state index contributed by atoms with van der Waals surface area (Å²) < 4.78 is 5.98. The Hall–Kier alpha value is -1.75. The van der Waals surface area contributed by atoms with Crippen molar-refractivity contribution < 1.29 is 30.9 Å². The van der Waals surface area contributed by atoms with Gasteiger partial charge in [0.1, 0.15) is 5.75 Å². The Morgan fingerprint density at radius 1 is 0.867 bits per heavy atom. The minimum Gasteiger partial charge on any atom is -0.493 e. The van der Waals surface area contributed by atoms with Gasteiger partial charge in [0.25, 0.3) is 0 Å². The molecule has 0 amide bonds. The van der Waals surface area contributed by atoms with Crippen LogP contribution in [-0.2, 0) is 21.1 Å². The summed E-state index contributed by atoms with van der Waals surface area (Å²) in [5, 5.41) is 7.80. The molecular formula is C23H29N3O2PtS. The Balaban J connectivity index is 0.000000827. The van der Waals surface area contributed by atoms with Crippen molar-refractivity contribution in [2.75, 3.05) is 19.0 Å². The average Bonchev–Trinajstić information content (AvgIpc) is 2.80. The SMILES string of the molecule is CCCCCCOc1cc(-c2ccccn2)nc(-c2ccccn2)c1.OCCS.[Pt]. The van der Waals surface area contributed by atoms with Crippen molar-refractivity contribution in [2.45, 2.75) is 32.6 Å². The van der Waals surface area contributed by atoms with Crippen molar-refractivity contribution >= 4 is 12.6 Å². The van der Waals surface area contributed by atoms with Crippen LogP contribution in [0.15, 0.2) is 60.9 Å². The van der Waals surface area contributed by atoms with Crippen LogP contribution in [0.5, 0.6) is 5.75 Å². The fourth-order valence-electron chi connectivity index (χ4n) is 2.60. The van der Waals surface area contributed by atoms with E-state index in [0.29, 0.717) is 12.4 Å². The number of ether oxygens (including phenoxy) is 1. The van der Waals surface area contributed by atoms with E-state index in [9.17, 15) is 0 Å². The number of thiol groups is 1. The van der Waals surface area contributed by atoms with E-state index in [1.807, 2.05) is 48.5 Å². The summed E-state index contributed by atoms with van der Waals surface area (Å²) in [6.07, 6.45) is 8.28. The van der Waals surface area contributed by atoms with Gasteiger partial charge in [-0.05, 0) is 30.7 Å². The first-order valence-electron chi connectivity index (χ1n) is 9.98. The second-order valence-electron chi connectivity index (χ2n) is 6.36. The maximum absolute atomic E-state index is 7.80. The fraction of sp³-hybridized carbons (Fsp3) is 0.348. The summed E-state index contributed by atoms with van der Waals surface area (Å²) in [4.78, 5) is 13.5. The van der Waals surface area contributed by atoms with Crippen LogP contribution < -0.4 is 4.74 Å². The van der Waals surface area contributed by atoms with E-state index in [2.05, 4.69) is 29.5 Å². The number of nitrogens with zero attached hydrogens (tertiary/aromatic N) is 3. The van der Waals surface area contributed by atoms with Gasteiger partial charge in [-0.3, -0.25) is 9.97 Å². The molecule has 0 saturated heterocycles. The number of aliphatic hydroxyl groups is 1. The van der Waals surface area contributed by atoms with Crippen molar-refractivity contribution in [3.63, 3.8) is 0 Å². The van der Waals surface area contributed by atoms with E-state index in [0.717, 1.165) is 34.9 Å². The Morgan fingerprint density at radius 2 is 1.43 bits per heavy atom. The van der Waals surface area contributed by atoms with Crippen molar-refractivity contribution in [3.05, 3.63) is 60.9 Å². The number of aliphatic hydroxyl groups excluding tert-OH is 1. The second-order valence-corrected chi connectivity index (χ2v) is 6.81. The molecule has 3 aromatic heterocycles. The molecule has 0 aliphatic carbocycles. The Morgan fingerprint density at radius 3 is 1.87 bits per heavy atom. The topological polar surface area (TPSA) is 68.1 Å². The zero-order chi connectivity index (χ0) is 20.7.